The van der Waals surface area contributed by atoms with Gasteiger partial charge in [-0.05, 0) is 36.9 Å². The molecule has 0 heterocycles. The van der Waals surface area contributed by atoms with Gasteiger partial charge in [0, 0.05) is 5.39 Å². The summed E-state index contributed by atoms with van der Waals surface area (Å²) >= 11 is 0. The fourth-order valence-corrected chi connectivity index (χ4v) is 1.69. The molecule has 3 heteroatoms. The van der Waals surface area contributed by atoms with Gasteiger partial charge in [-0.25, -0.2) is 4.89 Å². The lowest BCUT2D eigenvalue weighted by Crippen LogP contribution is -2.19. The van der Waals surface area contributed by atoms with Crippen LogP contribution in [0.15, 0.2) is 36.4 Å². The summed E-state index contributed by atoms with van der Waals surface area (Å²) in [6.45, 7) is 3.47. The van der Waals surface area contributed by atoms with E-state index >= 15 is 0 Å². The van der Waals surface area contributed by atoms with E-state index in [-0.39, 0.29) is 5.75 Å². The number of phenols is 1. The summed E-state index contributed by atoms with van der Waals surface area (Å²) in [5, 5.41) is 20.4. The highest BCUT2D eigenvalue weighted by atomic mass is 17.1. The zero-order chi connectivity index (χ0) is 11.8. The van der Waals surface area contributed by atoms with E-state index in [9.17, 15) is 5.11 Å². The number of rotatable bonds is 2. The van der Waals surface area contributed by atoms with Crippen LogP contribution in [0.25, 0.3) is 10.8 Å². The van der Waals surface area contributed by atoms with Crippen molar-refractivity contribution in [1.82, 2.24) is 0 Å². The lowest BCUT2D eigenvalue weighted by Gasteiger charge is -2.21. The topological polar surface area (TPSA) is 49.7 Å². The van der Waals surface area contributed by atoms with E-state index < -0.39 is 5.60 Å². The summed E-state index contributed by atoms with van der Waals surface area (Å²) in [4.78, 5) is 4.42. The molecular weight excluding hydrogens is 204 g/mol. The lowest BCUT2D eigenvalue weighted by molar-refractivity contribution is -0.318. The molecule has 0 unspecified atom stereocenters. The van der Waals surface area contributed by atoms with Crippen LogP contribution >= 0.6 is 0 Å². The third kappa shape index (κ3) is 1.75. The van der Waals surface area contributed by atoms with Crippen LogP contribution in [0.3, 0.4) is 0 Å². The minimum atomic E-state index is -0.832. The van der Waals surface area contributed by atoms with E-state index in [0.717, 1.165) is 16.3 Å². The van der Waals surface area contributed by atoms with Crippen LogP contribution in [-0.4, -0.2) is 10.4 Å². The van der Waals surface area contributed by atoms with Gasteiger partial charge in [-0.1, -0.05) is 24.3 Å². The highest BCUT2D eigenvalue weighted by molar-refractivity contribution is 5.88. The summed E-state index contributed by atoms with van der Waals surface area (Å²) in [7, 11) is 0. The molecule has 0 saturated carbocycles. The van der Waals surface area contributed by atoms with Crippen molar-refractivity contribution in [3.05, 3.63) is 42.0 Å². The first-order chi connectivity index (χ1) is 7.54. The van der Waals surface area contributed by atoms with Crippen molar-refractivity contribution in [2.75, 3.05) is 0 Å². The van der Waals surface area contributed by atoms with Crippen LogP contribution in [0.5, 0.6) is 5.75 Å². The maximum Gasteiger partial charge on any atom is 0.123 e. The Labute approximate surface area is 93.8 Å². The molecule has 2 rings (SSSR count). The summed E-state index contributed by atoms with van der Waals surface area (Å²) in [5.41, 5.74) is -0.104. The van der Waals surface area contributed by atoms with Crippen LogP contribution in [0, 0.1) is 0 Å². The fraction of sp³-hybridized carbons (Fsp3) is 0.231. The molecule has 0 amide bonds. The predicted molar refractivity (Wildman–Crippen MR) is 62.4 cm³/mol. The Morgan fingerprint density at radius 3 is 2.50 bits per heavy atom. The van der Waals surface area contributed by atoms with Crippen LogP contribution in [0.1, 0.15) is 19.4 Å². The van der Waals surface area contributed by atoms with Crippen LogP contribution in [0.2, 0.25) is 0 Å². The SMILES string of the molecule is CC(C)(OO)c1cc(O)c2ccccc2c1. The van der Waals surface area contributed by atoms with Gasteiger partial charge in [0.15, 0.2) is 0 Å². The number of hydrogen-bond donors (Lipinski definition) is 2. The lowest BCUT2D eigenvalue weighted by atomic mass is 9.95. The summed E-state index contributed by atoms with van der Waals surface area (Å²) in [6.07, 6.45) is 0. The molecule has 0 fully saturated rings. The van der Waals surface area contributed by atoms with Gasteiger partial charge in [0.2, 0.25) is 0 Å². The Morgan fingerprint density at radius 1 is 1.12 bits per heavy atom. The van der Waals surface area contributed by atoms with Gasteiger partial charge in [-0.2, -0.15) is 0 Å². The van der Waals surface area contributed by atoms with Crippen molar-refractivity contribution in [1.29, 1.82) is 0 Å². The van der Waals surface area contributed by atoms with Crippen molar-refractivity contribution in [3.8, 4) is 5.75 Å². The Kier molecular flexibility index (Phi) is 2.58. The Balaban J connectivity index is 2.67. The molecule has 16 heavy (non-hydrogen) atoms. The Bertz CT molecular complexity index is 518. The third-order valence-corrected chi connectivity index (χ3v) is 2.76. The molecule has 3 nitrogen and oxygen atoms in total. The van der Waals surface area contributed by atoms with Crippen molar-refractivity contribution < 1.29 is 15.3 Å². The van der Waals surface area contributed by atoms with Gasteiger partial charge in [0.05, 0.1) is 0 Å². The van der Waals surface area contributed by atoms with Crippen molar-refractivity contribution in [2.24, 2.45) is 0 Å². The molecule has 84 valence electrons. The predicted octanol–water partition coefficient (Wildman–Crippen LogP) is 3.27. The molecule has 0 bridgehead atoms. The van der Waals surface area contributed by atoms with Crippen molar-refractivity contribution in [3.63, 3.8) is 0 Å². The number of hydrogen-bond acceptors (Lipinski definition) is 3. The maximum absolute atomic E-state index is 9.87. The third-order valence-electron chi connectivity index (χ3n) is 2.76. The van der Waals surface area contributed by atoms with E-state index in [1.165, 1.54) is 0 Å². The average Bonchev–Trinajstić information content (AvgIpc) is 2.29. The smallest absolute Gasteiger partial charge is 0.123 e. The monoisotopic (exact) mass is 218 g/mol. The minimum Gasteiger partial charge on any atom is -0.507 e. The molecule has 0 aliphatic heterocycles. The highest BCUT2D eigenvalue weighted by Gasteiger charge is 2.22. The van der Waals surface area contributed by atoms with Gasteiger partial charge < -0.3 is 5.11 Å². The minimum absolute atomic E-state index is 0.193. The molecule has 0 atom stereocenters. The molecule has 0 aliphatic carbocycles. The van der Waals surface area contributed by atoms with Gasteiger partial charge >= 0.3 is 0 Å². The molecule has 0 saturated heterocycles. The van der Waals surface area contributed by atoms with E-state index in [2.05, 4.69) is 4.89 Å². The summed E-state index contributed by atoms with van der Waals surface area (Å²) in [5.74, 6) is 0.193. The fourth-order valence-electron chi connectivity index (χ4n) is 1.69. The first-order valence-electron chi connectivity index (χ1n) is 5.09. The molecular formula is C13H14O3. The number of fused-ring (bicyclic) bond motifs is 1. The molecule has 0 radical (unpaired) electrons. The van der Waals surface area contributed by atoms with Gasteiger partial charge in [-0.3, -0.25) is 5.26 Å². The largest absolute Gasteiger partial charge is 0.507 e. The van der Waals surface area contributed by atoms with E-state index in [1.807, 2.05) is 30.3 Å². The number of aromatic hydroxyl groups is 1. The molecule has 0 aliphatic rings. The normalized spacial score (nSPS) is 11.9. The number of phenolic OH excluding ortho intramolecular Hbond substituents is 1. The van der Waals surface area contributed by atoms with Crippen molar-refractivity contribution in [2.45, 2.75) is 19.4 Å². The Morgan fingerprint density at radius 2 is 1.81 bits per heavy atom. The molecule has 2 N–H and O–H groups in total. The molecule has 2 aromatic carbocycles. The van der Waals surface area contributed by atoms with Crippen LogP contribution in [-0.2, 0) is 10.5 Å². The molecule has 0 aromatic heterocycles. The first kappa shape index (κ1) is 10.9. The van der Waals surface area contributed by atoms with Gasteiger partial charge in [0.25, 0.3) is 0 Å². The van der Waals surface area contributed by atoms with Gasteiger partial charge in [0.1, 0.15) is 11.4 Å². The van der Waals surface area contributed by atoms with E-state index in [1.54, 1.807) is 19.9 Å². The van der Waals surface area contributed by atoms with Crippen molar-refractivity contribution >= 4 is 10.8 Å². The second-order valence-corrected chi connectivity index (χ2v) is 4.32. The van der Waals surface area contributed by atoms with Gasteiger partial charge in [-0.15, -0.1) is 0 Å². The van der Waals surface area contributed by atoms with Crippen LogP contribution in [0.4, 0.5) is 0 Å². The second-order valence-electron chi connectivity index (χ2n) is 4.32. The zero-order valence-electron chi connectivity index (χ0n) is 9.27. The standard InChI is InChI=1S/C13H14O3/c1-13(2,16-15)10-7-9-5-3-4-6-11(9)12(14)8-10/h3-8,14-15H,1-2H3. The molecule has 2 aromatic rings. The first-order valence-corrected chi connectivity index (χ1v) is 5.09. The van der Waals surface area contributed by atoms with Crippen LogP contribution < -0.4 is 0 Å². The summed E-state index contributed by atoms with van der Waals surface area (Å²) < 4.78 is 0. The van der Waals surface area contributed by atoms with E-state index in [0.29, 0.717) is 0 Å². The molecule has 0 spiro atoms. The zero-order valence-corrected chi connectivity index (χ0v) is 9.27. The van der Waals surface area contributed by atoms with E-state index in [4.69, 9.17) is 5.26 Å². The second kappa shape index (κ2) is 3.77. The average molecular weight is 218 g/mol. The quantitative estimate of drug-likeness (QED) is 0.600. The Hall–Kier alpha value is -1.58. The highest BCUT2D eigenvalue weighted by Crippen LogP contribution is 2.32. The summed E-state index contributed by atoms with van der Waals surface area (Å²) in [6, 6.07) is 11.0. The maximum atomic E-state index is 9.87. The number of benzene rings is 2.